The van der Waals surface area contributed by atoms with E-state index in [4.69, 9.17) is 10.5 Å². The van der Waals surface area contributed by atoms with Crippen LogP contribution < -0.4 is 0 Å². The molecular weight excluding hydrogens is 198 g/mol. The minimum Gasteiger partial charge on any atom is -0.256 e. The first-order valence-corrected chi connectivity index (χ1v) is 4.62. The molecule has 0 aliphatic carbocycles. The number of pyridine rings is 1. The van der Waals surface area contributed by atoms with Crippen molar-refractivity contribution in [3.8, 4) is 23.4 Å². The second-order valence-electron chi connectivity index (χ2n) is 3.13. The molecule has 2 rings (SSSR count). The fraction of sp³-hybridized carbons (Fsp3) is 0. The molecule has 2 aromatic rings. The highest BCUT2D eigenvalue weighted by atomic mass is 14.7. The lowest BCUT2D eigenvalue weighted by molar-refractivity contribution is 1.32. The quantitative estimate of drug-likeness (QED) is 0.716. The molecule has 16 heavy (non-hydrogen) atoms. The lowest BCUT2D eigenvalue weighted by Gasteiger charge is -2.01. The van der Waals surface area contributed by atoms with Crippen molar-refractivity contribution >= 4 is 0 Å². The van der Waals surface area contributed by atoms with Crippen LogP contribution >= 0.6 is 0 Å². The van der Waals surface area contributed by atoms with Gasteiger partial charge in [-0.2, -0.15) is 10.5 Å². The smallest absolute Gasteiger partial charge is 0.101 e. The molecule has 0 saturated heterocycles. The zero-order valence-corrected chi connectivity index (χ0v) is 8.31. The van der Waals surface area contributed by atoms with E-state index < -0.39 is 0 Å². The van der Waals surface area contributed by atoms with Gasteiger partial charge in [-0.3, -0.25) is 4.98 Å². The summed E-state index contributed by atoms with van der Waals surface area (Å²) < 4.78 is 0. The fourth-order valence-corrected chi connectivity index (χ4v) is 1.38. The van der Waals surface area contributed by atoms with Gasteiger partial charge in [-0.05, 0) is 30.3 Å². The molecule has 0 amide bonds. The Balaban J connectivity index is 2.55. The highest BCUT2D eigenvalue weighted by Gasteiger charge is 2.04. The van der Waals surface area contributed by atoms with Crippen molar-refractivity contribution in [3.05, 3.63) is 53.7 Å². The third-order valence-corrected chi connectivity index (χ3v) is 2.16. The van der Waals surface area contributed by atoms with Crippen molar-refractivity contribution in [2.75, 3.05) is 0 Å². The van der Waals surface area contributed by atoms with Crippen LogP contribution in [0.1, 0.15) is 11.1 Å². The van der Waals surface area contributed by atoms with Crippen LogP contribution in [0.25, 0.3) is 11.3 Å². The molecule has 73 valence electrons. The average molecular weight is 204 g/mol. The van der Waals surface area contributed by atoms with E-state index in [0.29, 0.717) is 11.1 Å². The summed E-state index contributed by atoms with van der Waals surface area (Å²) in [5.41, 5.74) is 2.30. The molecular formula is C13H6N3. The maximum Gasteiger partial charge on any atom is 0.101 e. The Labute approximate surface area is 93.2 Å². The van der Waals surface area contributed by atoms with E-state index in [9.17, 15) is 0 Å². The summed E-state index contributed by atoms with van der Waals surface area (Å²) >= 11 is 0. The summed E-state index contributed by atoms with van der Waals surface area (Å²) in [6.07, 6.45) is 1.64. The van der Waals surface area contributed by atoms with E-state index in [2.05, 4.69) is 11.1 Å². The fourth-order valence-electron chi connectivity index (χ4n) is 1.38. The molecule has 1 radical (unpaired) electrons. The predicted octanol–water partition coefficient (Wildman–Crippen LogP) is 2.29. The van der Waals surface area contributed by atoms with Gasteiger partial charge in [-0.1, -0.05) is 6.07 Å². The highest BCUT2D eigenvalue weighted by Crippen LogP contribution is 2.19. The highest BCUT2D eigenvalue weighted by molar-refractivity contribution is 5.63. The molecule has 0 spiro atoms. The van der Waals surface area contributed by atoms with Gasteiger partial charge in [-0.25, -0.2) is 0 Å². The van der Waals surface area contributed by atoms with Crippen LogP contribution in [0.2, 0.25) is 0 Å². The van der Waals surface area contributed by atoms with E-state index >= 15 is 0 Å². The van der Waals surface area contributed by atoms with Crippen LogP contribution in [0.15, 0.2) is 36.5 Å². The number of hydrogen-bond donors (Lipinski definition) is 0. The van der Waals surface area contributed by atoms with E-state index in [1.165, 1.54) is 0 Å². The van der Waals surface area contributed by atoms with Gasteiger partial charge in [0.15, 0.2) is 0 Å². The molecule has 0 aliphatic rings. The molecule has 1 heterocycles. The summed E-state index contributed by atoms with van der Waals surface area (Å²) in [6, 6.07) is 15.4. The number of benzene rings is 1. The van der Waals surface area contributed by atoms with Crippen molar-refractivity contribution < 1.29 is 0 Å². The standard InChI is InChI=1S/C13H6N3/c14-8-11-5-4-10(7-12(11)9-15)13-3-1-2-6-16-13/h2-7H. The number of rotatable bonds is 1. The van der Waals surface area contributed by atoms with Gasteiger partial charge in [0, 0.05) is 11.8 Å². The minimum absolute atomic E-state index is 0.366. The molecule has 0 unspecified atom stereocenters. The number of nitrogens with zero attached hydrogens (tertiary/aromatic N) is 3. The Morgan fingerprint density at radius 2 is 1.94 bits per heavy atom. The van der Waals surface area contributed by atoms with Crippen LogP contribution in [0.4, 0.5) is 0 Å². The zero-order valence-electron chi connectivity index (χ0n) is 8.31. The lowest BCUT2D eigenvalue weighted by atomic mass is 10.0. The monoisotopic (exact) mass is 204 g/mol. The summed E-state index contributed by atoms with van der Waals surface area (Å²) in [4.78, 5) is 4.16. The molecule has 0 bridgehead atoms. The van der Waals surface area contributed by atoms with Gasteiger partial charge in [0.2, 0.25) is 0 Å². The summed E-state index contributed by atoms with van der Waals surface area (Å²) in [5, 5.41) is 17.7. The van der Waals surface area contributed by atoms with Gasteiger partial charge in [-0.15, -0.1) is 0 Å². The van der Waals surface area contributed by atoms with Crippen molar-refractivity contribution in [3.63, 3.8) is 0 Å². The zero-order chi connectivity index (χ0) is 11.4. The third-order valence-electron chi connectivity index (χ3n) is 2.16. The normalized spacial score (nSPS) is 9.12. The first-order valence-electron chi connectivity index (χ1n) is 4.62. The van der Waals surface area contributed by atoms with Crippen molar-refractivity contribution in [2.45, 2.75) is 0 Å². The Morgan fingerprint density at radius 1 is 1.12 bits per heavy atom. The molecule has 1 aromatic heterocycles. The average Bonchev–Trinajstić information content (AvgIpc) is 2.39. The Kier molecular flexibility index (Phi) is 2.63. The first kappa shape index (κ1) is 9.89. The van der Waals surface area contributed by atoms with Gasteiger partial charge in [0.25, 0.3) is 0 Å². The topological polar surface area (TPSA) is 60.5 Å². The maximum absolute atomic E-state index is 8.89. The maximum atomic E-state index is 8.89. The minimum atomic E-state index is 0.366. The van der Waals surface area contributed by atoms with E-state index in [0.717, 1.165) is 11.3 Å². The van der Waals surface area contributed by atoms with Crippen LogP contribution in [0, 0.1) is 28.7 Å². The Hall–Kier alpha value is -2.65. The Morgan fingerprint density at radius 3 is 2.56 bits per heavy atom. The molecule has 3 heteroatoms. The number of aromatic nitrogens is 1. The van der Waals surface area contributed by atoms with Crippen LogP contribution in [-0.2, 0) is 0 Å². The molecule has 0 atom stereocenters. The molecule has 0 saturated carbocycles. The van der Waals surface area contributed by atoms with Crippen molar-refractivity contribution in [1.29, 1.82) is 10.5 Å². The van der Waals surface area contributed by atoms with Gasteiger partial charge in [0.05, 0.1) is 16.8 Å². The molecule has 0 aliphatic heterocycles. The first-order chi connectivity index (χ1) is 7.85. The van der Waals surface area contributed by atoms with E-state index in [1.54, 1.807) is 36.5 Å². The number of hydrogen-bond acceptors (Lipinski definition) is 3. The van der Waals surface area contributed by atoms with Crippen LogP contribution in [0.3, 0.4) is 0 Å². The molecule has 0 fully saturated rings. The third kappa shape index (κ3) is 1.75. The van der Waals surface area contributed by atoms with Crippen molar-refractivity contribution in [2.24, 2.45) is 0 Å². The second-order valence-corrected chi connectivity index (χ2v) is 3.13. The van der Waals surface area contributed by atoms with Crippen molar-refractivity contribution in [1.82, 2.24) is 4.98 Å². The van der Waals surface area contributed by atoms with Crippen LogP contribution in [-0.4, -0.2) is 4.98 Å². The Bertz CT molecular complexity index is 589. The van der Waals surface area contributed by atoms with E-state index in [1.807, 2.05) is 12.1 Å². The molecule has 0 N–H and O–H groups in total. The predicted molar refractivity (Wildman–Crippen MR) is 57.9 cm³/mol. The second kappa shape index (κ2) is 4.25. The summed E-state index contributed by atoms with van der Waals surface area (Å²) in [6.45, 7) is 0. The summed E-state index contributed by atoms with van der Waals surface area (Å²) in [7, 11) is 0. The van der Waals surface area contributed by atoms with Crippen LogP contribution in [0.5, 0.6) is 0 Å². The molecule has 1 aromatic carbocycles. The van der Waals surface area contributed by atoms with Gasteiger partial charge < -0.3 is 0 Å². The number of nitriles is 2. The SMILES string of the molecule is N#Cc1ccc(-c2c[c]ccn2)cc1C#N. The lowest BCUT2D eigenvalue weighted by Crippen LogP contribution is -1.87. The largest absolute Gasteiger partial charge is 0.256 e. The molecule has 3 nitrogen and oxygen atoms in total. The van der Waals surface area contributed by atoms with Gasteiger partial charge in [0.1, 0.15) is 12.1 Å². The van der Waals surface area contributed by atoms with Gasteiger partial charge >= 0.3 is 0 Å². The summed E-state index contributed by atoms with van der Waals surface area (Å²) in [5.74, 6) is 0. The van der Waals surface area contributed by atoms with E-state index in [-0.39, 0.29) is 0 Å².